The van der Waals surface area contributed by atoms with E-state index in [0.29, 0.717) is 26.2 Å². The van der Waals surface area contributed by atoms with Crippen LogP contribution in [-0.4, -0.2) is 55.6 Å². The molecule has 17 heavy (non-hydrogen) atoms. The molecule has 1 fully saturated rings. The van der Waals surface area contributed by atoms with Gasteiger partial charge in [0.2, 0.25) is 11.8 Å². The molecule has 0 aromatic heterocycles. The molecule has 1 aliphatic rings. The molecule has 1 saturated heterocycles. The summed E-state index contributed by atoms with van der Waals surface area (Å²) in [5.41, 5.74) is 5.22. The summed E-state index contributed by atoms with van der Waals surface area (Å²) < 4.78 is 5.19. The number of nitrogens with zero attached hydrogens (tertiary/aromatic N) is 1. The van der Waals surface area contributed by atoms with Crippen LogP contribution in [0, 0.1) is 0 Å². The molecule has 0 spiro atoms. The van der Waals surface area contributed by atoms with Crippen LogP contribution in [0.15, 0.2) is 0 Å². The van der Waals surface area contributed by atoms with Gasteiger partial charge in [0.05, 0.1) is 19.8 Å². The van der Waals surface area contributed by atoms with Gasteiger partial charge in [-0.05, 0) is 6.42 Å². The number of ether oxygens (including phenoxy) is 1. The zero-order valence-corrected chi connectivity index (χ0v) is 10.3. The normalized spacial score (nSPS) is 18.6. The number of hydrogen-bond acceptors (Lipinski definition) is 4. The molecule has 0 saturated carbocycles. The van der Waals surface area contributed by atoms with Crippen molar-refractivity contribution in [3.05, 3.63) is 0 Å². The number of carbonyl (C=O) groups is 2. The zero-order chi connectivity index (χ0) is 12.7. The molecule has 1 atom stereocenters. The Morgan fingerprint density at radius 1 is 1.41 bits per heavy atom. The van der Waals surface area contributed by atoms with Crippen LogP contribution in [0.2, 0.25) is 0 Å². The Bertz CT molecular complexity index is 265. The Hall–Kier alpha value is -1.14. The number of nitrogens with two attached hydrogens (primary N) is 1. The van der Waals surface area contributed by atoms with Crippen LogP contribution in [0.4, 0.5) is 0 Å². The highest BCUT2D eigenvalue weighted by Crippen LogP contribution is 1.98. The van der Waals surface area contributed by atoms with Gasteiger partial charge in [-0.1, -0.05) is 13.3 Å². The standard InChI is InChI=1S/C11H21N3O3/c1-2-3-9(11(12)16)13-10(15)8-14-4-6-17-7-5-14/h9H,2-8H2,1H3,(H2,12,16)(H,13,15). The number of amides is 2. The molecule has 1 unspecified atom stereocenters. The molecule has 1 aliphatic heterocycles. The lowest BCUT2D eigenvalue weighted by Crippen LogP contribution is -2.49. The molecule has 0 aliphatic carbocycles. The number of primary amides is 1. The maximum Gasteiger partial charge on any atom is 0.240 e. The molecule has 2 amide bonds. The average molecular weight is 243 g/mol. The van der Waals surface area contributed by atoms with Crippen LogP contribution in [-0.2, 0) is 14.3 Å². The van der Waals surface area contributed by atoms with Crippen molar-refractivity contribution in [1.82, 2.24) is 10.2 Å². The highest BCUT2D eigenvalue weighted by atomic mass is 16.5. The van der Waals surface area contributed by atoms with Crippen molar-refractivity contribution in [2.75, 3.05) is 32.8 Å². The van der Waals surface area contributed by atoms with E-state index in [4.69, 9.17) is 10.5 Å². The van der Waals surface area contributed by atoms with Gasteiger partial charge in [0.25, 0.3) is 0 Å². The van der Waals surface area contributed by atoms with Crippen LogP contribution in [0.3, 0.4) is 0 Å². The third-order valence-electron chi connectivity index (χ3n) is 2.73. The first kappa shape index (κ1) is 13.9. The van der Waals surface area contributed by atoms with Crippen molar-refractivity contribution in [1.29, 1.82) is 0 Å². The number of rotatable bonds is 6. The van der Waals surface area contributed by atoms with Crippen molar-refractivity contribution in [2.45, 2.75) is 25.8 Å². The minimum atomic E-state index is -0.548. The van der Waals surface area contributed by atoms with Gasteiger partial charge in [-0.3, -0.25) is 14.5 Å². The van der Waals surface area contributed by atoms with Gasteiger partial charge < -0.3 is 15.8 Å². The summed E-state index contributed by atoms with van der Waals surface area (Å²) >= 11 is 0. The summed E-state index contributed by atoms with van der Waals surface area (Å²) in [6.45, 7) is 5.06. The third kappa shape index (κ3) is 5.14. The highest BCUT2D eigenvalue weighted by molar-refractivity contribution is 5.87. The Labute approximate surface area is 101 Å². The van der Waals surface area contributed by atoms with Crippen LogP contribution < -0.4 is 11.1 Å². The Balaban J connectivity index is 2.33. The fourth-order valence-corrected chi connectivity index (χ4v) is 1.78. The lowest BCUT2D eigenvalue weighted by Gasteiger charge is -2.26. The average Bonchev–Trinajstić information content (AvgIpc) is 2.29. The minimum Gasteiger partial charge on any atom is -0.379 e. The van der Waals surface area contributed by atoms with Crippen LogP contribution in [0.25, 0.3) is 0 Å². The quantitative estimate of drug-likeness (QED) is 0.632. The van der Waals surface area contributed by atoms with E-state index >= 15 is 0 Å². The number of nitrogens with one attached hydrogen (secondary N) is 1. The molecular weight excluding hydrogens is 222 g/mol. The second-order valence-corrected chi connectivity index (χ2v) is 4.20. The van der Waals surface area contributed by atoms with E-state index < -0.39 is 11.9 Å². The van der Waals surface area contributed by atoms with E-state index in [2.05, 4.69) is 5.32 Å². The fraction of sp³-hybridized carbons (Fsp3) is 0.818. The van der Waals surface area contributed by atoms with E-state index in [0.717, 1.165) is 19.5 Å². The van der Waals surface area contributed by atoms with Gasteiger partial charge in [0, 0.05) is 13.1 Å². The monoisotopic (exact) mass is 243 g/mol. The van der Waals surface area contributed by atoms with Gasteiger partial charge >= 0.3 is 0 Å². The topological polar surface area (TPSA) is 84.7 Å². The zero-order valence-electron chi connectivity index (χ0n) is 10.3. The van der Waals surface area contributed by atoms with Crippen LogP contribution >= 0.6 is 0 Å². The summed E-state index contributed by atoms with van der Waals surface area (Å²) in [4.78, 5) is 24.8. The van der Waals surface area contributed by atoms with E-state index in [-0.39, 0.29) is 5.91 Å². The fourth-order valence-electron chi connectivity index (χ4n) is 1.78. The maximum absolute atomic E-state index is 11.7. The van der Waals surface area contributed by atoms with Crippen molar-refractivity contribution in [2.24, 2.45) is 5.73 Å². The molecule has 0 aromatic carbocycles. The lowest BCUT2D eigenvalue weighted by atomic mass is 10.1. The van der Waals surface area contributed by atoms with E-state index in [1.54, 1.807) is 0 Å². The summed E-state index contributed by atoms with van der Waals surface area (Å²) in [6, 6.07) is -0.548. The molecular formula is C11H21N3O3. The Morgan fingerprint density at radius 3 is 2.59 bits per heavy atom. The second kappa shape index (κ2) is 7.24. The van der Waals surface area contributed by atoms with Crippen molar-refractivity contribution in [3.63, 3.8) is 0 Å². The van der Waals surface area contributed by atoms with Gasteiger partial charge in [-0.15, -0.1) is 0 Å². The third-order valence-corrected chi connectivity index (χ3v) is 2.73. The van der Waals surface area contributed by atoms with Gasteiger partial charge in [-0.25, -0.2) is 0 Å². The summed E-state index contributed by atoms with van der Waals surface area (Å²) in [5.74, 6) is -0.619. The van der Waals surface area contributed by atoms with E-state index in [9.17, 15) is 9.59 Å². The van der Waals surface area contributed by atoms with Crippen molar-refractivity contribution in [3.8, 4) is 0 Å². The van der Waals surface area contributed by atoms with Crippen molar-refractivity contribution < 1.29 is 14.3 Å². The number of morpholine rings is 1. The second-order valence-electron chi connectivity index (χ2n) is 4.20. The summed E-state index contributed by atoms with van der Waals surface area (Å²) in [7, 11) is 0. The number of carbonyl (C=O) groups excluding carboxylic acids is 2. The van der Waals surface area contributed by atoms with E-state index in [1.165, 1.54) is 0 Å². The summed E-state index contributed by atoms with van der Waals surface area (Å²) in [6.07, 6.45) is 1.40. The Morgan fingerprint density at radius 2 is 2.06 bits per heavy atom. The molecule has 6 heteroatoms. The van der Waals surface area contributed by atoms with Gasteiger partial charge in [0.15, 0.2) is 0 Å². The first-order valence-electron chi connectivity index (χ1n) is 6.02. The van der Waals surface area contributed by atoms with Crippen LogP contribution in [0.5, 0.6) is 0 Å². The van der Waals surface area contributed by atoms with Crippen molar-refractivity contribution >= 4 is 11.8 Å². The molecule has 3 N–H and O–H groups in total. The summed E-state index contributed by atoms with van der Waals surface area (Å²) in [5, 5.41) is 2.67. The first-order valence-corrected chi connectivity index (χ1v) is 6.02. The van der Waals surface area contributed by atoms with E-state index in [1.807, 2.05) is 11.8 Å². The predicted molar refractivity (Wildman–Crippen MR) is 63.3 cm³/mol. The lowest BCUT2D eigenvalue weighted by molar-refractivity contribution is -0.128. The largest absolute Gasteiger partial charge is 0.379 e. The SMILES string of the molecule is CCCC(NC(=O)CN1CCOCC1)C(N)=O. The molecule has 0 bridgehead atoms. The predicted octanol–water partition coefficient (Wildman–Crippen LogP) is -0.911. The number of hydrogen-bond donors (Lipinski definition) is 2. The maximum atomic E-state index is 11.7. The molecule has 1 rings (SSSR count). The van der Waals surface area contributed by atoms with Crippen LogP contribution in [0.1, 0.15) is 19.8 Å². The smallest absolute Gasteiger partial charge is 0.240 e. The van der Waals surface area contributed by atoms with Gasteiger partial charge in [-0.2, -0.15) is 0 Å². The molecule has 1 heterocycles. The molecule has 0 aromatic rings. The minimum absolute atomic E-state index is 0.149. The van der Waals surface area contributed by atoms with Gasteiger partial charge in [0.1, 0.15) is 6.04 Å². The first-order chi connectivity index (χ1) is 8.13. The highest BCUT2D eigenvalue weighted by Gasteiger charge is 2.19. The molecule has 98 valence electrons. The Kier molecular flexibility index (Phi) is 5.93. The molecule has 6 nitrogen and oxygen atoms in total. The molecule has 0 radical (unpaired) electrons.